The van der Waals surface area contributed by atoms with Crippen molar-refractivity contribution in [3.8, 4) is 5.88 Å². The molecule has 2 aromatic heterocycles. The Labute approximate surface area is 172 Å². The Morgan fingerprint density at radius 1 is 1.30 bits per heavy atom. The van der Waals surface area contributed by atoms with Crippen LogP contribution in [0.2, 0.25) is 0 Å². The zero-order valence-electron chi connectivity index (χ0n) is 16.8. The maximum absolute atomic E-state index is 11.5. The number of hydrogen-bond donors (Lipinski definition) is 6. The highest BCUT2D eigenvalue weighted by molar-refractivity contribution is 5.84. The summed E-state index contributed by atoms with van der Waals surface area (Å²) in [5.41, 5.74) is 4.01. The van der Waals surface area contributed by atoms with E-state index in [1.165, 1.54) is 0 Å². The van der Waals surface area contributed by atoms with Crippen molar-refractivity contribution in [1.82, 2.24) is 24.6 Å². The number of nitrogens with zero attached hydrogens (tertiary/aromatic N) is 4. The van der Waals surface area contributed by atoms with Gasteiger partial charge in [0.2, 0.25) is 17.4 Å². The zero-order chi connectivity index (χ0) is 20.9. The van der Waals surface area contributed by atoms with E-state index in [2.05, 4.69) is 25.7 Å². The van der Waals surface area contributed by atoms with Gasteiger partial charge < -0.3 is 25.9 Å². The highest BCUT2D eigenvalue weighted by Gasteiger charge is 2.35. The van der Waals surface area contributed by atoms with Crippen LogP contribution in [0.5, 0.6) is 5.88 Å². The second-order valence-electron chi connectivity index (χ2n) is 8.43. The van der Waals surface area contributed by atoms with Crippen LogP contribution in [0.1, 0.15) is 57.0 Å². The Bertz CT molecular complexity index is 1120. The Morgan fingerprint density at radius 2 is 2.07 bits per heavy atom. The summed E-state index contributed by atoms with van der Waals surface area (Å²) in [6.45, 7) is 1.98. The van der Waals surface area contributed by atoms with Gasteiger partial charge in [0.25, 0.3) is 0 Å². The van der Waals surface area contributed by atoms with E-state index in [-0.39, 0.29) is 30.3 Å². The minimum absolute atomic E-state index is 0.0193. The van der Waals surface area contributed by atoms with Crippen LogP contribution < -0.4 is 22.1 Å². The predicted molar refractivity (Wildman–Crippen MR) is 110 cm³/mol. The van der Waals surface area contributed by atoms with Crippen LogP contribution in [0.3, 0.4) is 0 Å². The molecule has 1 atom stereocenters. The first-order valence-electron chi connectivity index (χ1n) is 10.4. The molecule has 0 radical (unpaired) electrons. The van der Waals surface area contributed by atoms with Gasteiger partial charge in [-0.05, 0) is 38.7 Å². The molecule has 2 fully saturated rings. The first-order valence-corrected chi connectivity index (χ1v) is 10.4. The number of H-pyrrole nitrogens is 2. The molecule has 160 valence electrons. The maximum Gasteiger partial charge on any atom is 0.326 e. The van der Waals surface area contributed by atoms with Gasteiger partial charge in [0.1, 0.15) is 5.69 Å². The summed E-state index contributed by atoms with van der Waals surface area (Å²) in [6.07, 6.45) is 7.61. The van der Waals surface area contributed by atoms with Gasteiger partial charge in [-0.3, -0.25) is 4.98 Å². The third kappa shape index (κ3) is 3.38. The first-order chi connectivity index (χ1) is 14.5. The number of aliphatic hydroxyl groups is 1. The molecule has 5 rings (SSSR count). The normalized spacial score (nSPS) is 24.3. The van der Waals surface area contributed by atoms with E-state index in [4.69, 9.17) is 9.98 Å². The fourth-order valence-corrected chi connectivity index (χ4v) is 4.14. The standard InChI is InChI=1S/C19H26N8O3/c1-10-12(8-13-15(29)23-18(30)21-13)14-22-16(25-19(9-28)6-2-3-7-19)24-17(27(14)26-10)20-11-4-5-11/h8,10-11,26,28-29H,2-7,9H2,1H3,(H,20,24,25)(H2,21,23,30). The second-order valence-corrected chi connectivity index (χ2v) is 8.43. The molecule has 3 heterocycles. The number of fused-ring (bicyclic) bond motifs is 1. The maximum atomic E-state index is 11.5. The minimum atomic E-state index is -0.480. The quantitative estimate of drug-likeness (QED) is 0.410. The molecule has 1 aliphatic heterocycles. The molecule has 30 heavy (non-hydrogen) atoms. The fraction of sp³-hybridized carbons (Fsp3) is 0.579. The van der Waals surface area contributed by atoms with Crippen molar-refractivity contribution < 1.29 is 10.2 Å². The number of aromatic amines is 2. The number of rotatable bonds is 5. The lowest BCUT2D eigenvalue weighted by Crippen LogP contribution is -2.41. The van der Waals surface area contributed by atoms with Crippen molar-refractivity contribution in [2.75, 3.05) is 17.3 Å². The van der Waals surface area contributed by atoms with Gasteiger partial charge in [-0.25, -0.2) is 14.5 Å². The van der Waals surface area contributed by atoms with Gasteiger partial charge >= 0.3 is 5.69 Å². The van der Waals surface area contributed by atoms with Crippen molar-refractivity contribution >= 4 is 17.6 Å². The van der Waals surface area contributed by atoms with Crippen molar-refractivity contribution in [2.45, 2.75) is 63.1 Å². The molecule has 0 amide bonds. The Hall–Kier alpha value is -3.08. The summed E-state index contributed by atoms with van der Waals surface area (Å²) in [5, 5.41) is 23.3. The summed E-state index contributed by atoms with van der Waals surface area (Å²) in [7, 11) is 0. The molecule has 2 saturated carbocycles. The number of aromatic nitrogens is 5. The molecule has 11 nitrogen and oxygen atoms in total. The summed E-state index contributed by atoms with van der Waals surface area (Å²) in [6, 6.07) is 0.122. The molecule has 6 N–H and O–H groups in total. The third-order valence-electron chi connectivity index (χ3n) is 6.00. The molecular formula is C19H26N8O3. The Morgan fingerprint density at radius 3 is 2.70 bits per heavy atom. The second kappa shape index (κ2) is 7.01. The van der Waals surface area contributed by atoms with Gasteiger partial charge in [0.15, 0.2) is 5.82 Å². The van der Waals surface area contributed by atoms with Crippen LogP contribution in [0, 0.1) is 0 Å². The predicted octanol–water partition coefficient (Wildman–Crippen LogP) is 0.266. The van der Waals surface area contributed by atoms with Gasteiger partial charge in [-0.15, -0.1) is 0 Å². The third-order valence-corrected chi connectivity index (χ3v) is 6.00. The van der Waals surface area contributed by atoms with E-state index in [0.29, 0.717) is 17.4 Å². The highest BCUT2D eigenvalue weighted by Crippen LogP contribution is 2.33. The fourth-order valence-electron chi connectivity index (χ4n) is 4.14. The number of imidazole rings is 1. The molecular weight excluding hydrogens is 388 g/mol. The SMILES string of the molecule is CC1Nn2c(nc(NC3(CO)CCCC3)nc2=NC2CC2)C1=Cc1[nH]c(=O)[nH]c1O. The van der Waals surface area contributed by atoms with Gasteiger partial charge in [-0.2, -0.15) is 9.97 Å². The lowest BCUT2D eigenvalue weighted by molar-refractivity contribution is 0.213. The van der Waals surface area contributed by atoms with Gasteiger partial charge in [0, 0.05) is 5.57 Å². The zero-order valence-corrected chi connectivity index (χ0v) is 16.8. The van der Waals surface area contributed by atoms with E-state index in [9.17, 15) is 15.0 Å². The number of anilines is 1. The van der Waals surface area contributed by atoms with Crippen molar-refractivity contribution in [1.29, 1.82) is 0 Å². The summed E-state index contributed by atoms with van der Waals surface area (Å²) < 4.78 is 1.75. The monoisotopic (exact) mass is 414 g/mol. The van der Waals surface area contributed by atoms with Crippen molar-refractivity contribution in [3.05, 3.63) is 27.6 Å². The van der Waals surface area contributed by atoms with Crippen LogP contribution >= 0.6 is 0 Å². The molecule has 0 saturated heterocycles. The first kappa shape index (κ1) is 18.9. The largest absolute Gasteiger partial charge is 0.493 e. The molecule has 3 aliphatic rings. The number of aliphatic hydroxyl groups excluding tert-OH is 1. The van der Waals surface area contributed by atoms with E-state index in [1.807, 2.05) is 6.92 Å². The molecule has 0 bridgehead atoms. The smallest absolute Gasteiger partial charge is 0.326 e. The van der Waals surface area contributed by atoms with Gasteiger partial charge in [0.05, 0.1) is 24.2 Å². The topological polar surface area (TPSA) is 156 Å². The lowest BCUT2D eigenvalue weighted by atomic mass is 9.99. The number of nitrogens with one attached hydrogen (secondary N) is 4. The molecule has 0 spiro atoms. The molecule has 2 aliphatic carbocycles. The van der Waals surface area contributed by atoms with Crippen LogP contribution in [-0.2, 0) is 0 Å². The lowest BCUT2D eigenvalue weighted by Gasteiger charge is -2.28. The summed E-state index contributed by atoms with van der Waals surface area (Å²) >= 11 is 0. The van der Waals surface area contributed by atoms with Crippen molar-refractivity contribution in [3.63, 3.8) is 0 Å². The molecule has 1 unspecified atom stereocenters. The number of hydrogen-bond acceptors (Lipinski definition) is 8. The minimum Gasteiger partial charge on any atom is -0.493 e. The average molecular weight is 414 g/mol. The highest BCUT2D eigenvalue weighted by atomic mass is 16.3. The van der Waals surface area contributed by atoms with Crippen LogP contribution in [-0.4, -0.2) is 59.1 Å². The van der Waals surface area contributed by atoms with Crippen LogP contribution in [0.15, 0.2) is 9.79 Å². The molecule has 0 aromatic carbocycles. The van der Waals surface area contributed by atoms with E-state index >= 15 is 0 Å². The number of aromatic hydroxyl groups is 1. The Balaban J connectivity index is 1.62. The summed E-state index contributed by atoms with van der Waals surface area (Å²) in [5.74, 6) is 0.802. The van der Waals surface area contributed by atoms with Crippen LogP contribution in [0.25, 0.3) is 11.6 Å². The average Bonchev–Trinajstić information content (AvgIpc) is 3.16. The van der Waals surface area contributed by atoms with E-state index in [1.54, 1.807) is 10.8 Å². The molecule has 2 aromatic rings. The van der Waals surface area contributed by atoms with E-state index in [0.717, 1.165) is 44.1 Å². The van der Waals surface area contributed by atoms with Crippen molar-refractivity contribution in [2.24, 2.45) is 4.99 Å². The van der Waals surface area contributed by atoms with E-state index < -0.39 is 11.2 Å². The van der Waals surface area contributed by atoms with Gasteiger partial charge in [-0.1, -0.05) is 12.8 Å². The summed E-state index contributed by atoms with van der Waals surface area (Å²) in [4.78, 5) is 30.5. The van der Waals surface area contributed by atoms with Crippen LogP contribution in [0.4, 0.5) is 5.95 Å². The Kier molecular flexibility index (Phi) is 4.42. The molecule has 11 heteroatoms.